The third-order valence-corrected chi connectivity index (χ3v) is 4.90. The first kappa shape index (κ1) is 16.5. The van der Waals surface area contributed by atoms with Gasteiger partial charge in [0.05, 0.1) is 6.10 Å². The van der Waals surface area contributed by atoms with Gasteiger partial charge in [-0.2, -0.15) is 0 Å². The van der Waals surface area contributed by atoms with E-state index in [1.54, 1.807) is 6.92 Å². The van der Waals surface area contributed by atoms with Gasteiger partial charge >= 0.3 is 0 Å². The first-order valence-electron chi connectivity index (χ1n) is 5.60. The summed E-state index contributed by atoms with van der Waals surface area (Å²) in [6.45, 7) is 1.73. The number of hydrogen-bond acceptors (Lipinski definition) is 3. The lowest BCUT2D eigenvalue weighted by Gasteiger charge is -2.11. The van der Waals surface area contributed by atoms with Crippen LogP contribution in [0.25, 0.3) is 0 Å². The van der Waals surface area contributed by atoms with E-state index in [4.69, 9.17) is 0 Å². The largest absolute Gasteiger partial charge is 0.393 e. The number of rotatable bonds is 6. The zero-order valence-corrected chi connectivity index (χ0v) is 12.6. The van der Waals surface area contributed by atoms with Crippen LogP contribution in [-0.2, 0) is 10.0 Å². The molecule has 1 unspecified atom stereocenters. The first-order chi connectivity index (χ1) is 8.77. The van der Waals surface area contributed by atoms with Gasteiger partial charge in [-0.25, -0.2) is 21.9 Å². The van der Waals surface area contributed by atoms with Crippen molar-refractivity contribution >= 4 is 26.0 Å². The smallest absolute Gasteiger partial charge is 0.244 e. The number of halogens is 3. The van der Waals surface area contributed by atoms with Crippen LogP contribution in [0.3, 0.4) is 0 Å². The summed E-state index contributed by atoms with van der Waals surface area (Å²) in [6.07, 6.45) is 0.0937. The Hall–Kier alpha value is -0.570. The number of aliphatic hydroxyl groups excluding tert-OH is 1. The lowest BCUT2D eigenvalue weighted by Crippen LogP contribution is -2.28. The molecule has 0 radical (unpaired) electrons. The number of benzene rings is 1. The summed E-state index contributed by atoms with van der Waals surface area (Å²) in [5.74, 6) is -2.04. The molecule has 0 saturated carbocycles. The summed E-state index contributed by atoms with van der Waals surface area (Å²) in [7, 11) is -4.09. The summed E-state index contributed by atoms with van der Waals surface area (Å²) >= 11 is 2.82. The highest BCUT2D eigenvalue weighted by Crippen LogP contribution is 2.26. The van der Waals surface area contributed by atoms with Crippen LogP contribution in [0.2, 0.25) is 0 Å². The van der Waals surface area contributed by atoms with E-state index in [0.29, 0.717) is 12.5 Å². The lowest BCUT2D eigenvalue weighted by atomic mass is 10.2. The Morgan fingerprint density at radius 1 is 1.42 bits per heavy atom. The van der Waals surface area contributed by atoms with Gasteiger partial charge in [0.15, 0.2) is 0 Å². The fourth-order valence-corrected chi connectivity index (χ4v) is 3.63. The van der Waals surface area contributed by atoms with Crippen LogP contribution in [0, 0.1) is 11.6 Å². The van der Waals surface area contributed by atoms with Gasteiger partial charge < -0.3 is 5.11 Å². The zero-order chi connectivity index (χ0) is 14.6. The molecule has 2 N–H and O–H groups in total. The molecule has 1 aromatic rings. The second-order valence-corrected chi connectivity index (χ2v) is 6.51. The summed E-state index contributed by atoms with van der Waals surface area (Å²) in [4.78, 5) is -0.639. The number of sulfonamides is 1. The Morgan fingerprint density at radius 2 is 2.05 bits per heavy atom. The molecule has 108 valence electrons. The van der Waals surface area contributed by atoms with E-state index >= 15 is 0 Å². The average molecular weight is 358 g/mol. The van der Waals surface area contributed by atoms with Crippen molar-refractivity contribution in [2.75, 3.05) is 6.54 Å². The Balaban J connectivity index is 2.89. The normalized spacial score (nSPS) is 13.5. The van der Waals surface area contributed by atoms with Gasteiger partial charge in [-0.1, -0.05) is 6.92 Å². The lowest BCUT2D eigenvalue weighted by molar-refractivity contribution is 0.162. The molecule has 1 rings (SSSR count). The molecule has 0 aliphatic carbocycles. The van der Waals surface area contributed by atoms with Crippen molar-refractivity contribution in [3.05, 3.63) is 28.2 Å². The molecule has 0 saturated heterocycles. The maximum Gasteiger partial charge on any atom is 0.244 e. The fourth-order valence-electron chi connectivity index (χ4n) is 1.42. The summed E-state index contributed by atoms with van der Waals surface area (Å²) in [5, 5.41) is 9.30. The SMILES string of the molecule is CCC(O)CCNS(=O)(=O)c1c(F)cc(F)cc1Br. The molecule has 0 bridgehead atoms. The minimum absolute atomic E-state index is 0.0272. The van der Waals surface area contributed by atoms with Crippen LogP contribution in [0.1, 0.15) is 19.8 Å². The van der Waals surface area contributed by atoms with Crippen molar-refractivity contribution in [2.45, 2.75) is 30.8 Å². The van der Waals surface area contributed by atoms with E-state index in [1.807, 2.05) is 0 Å². The second-order valence-electron chi connectivity index (χ2n) is 3.95. The van der Waals surface area contributed by atoms with Gasteiger partial charge in [-0.3, -0.25) is 0 Å². The predicted molar refractivity (Wildman–Crippen MR) is 70.2 cm³/mol. The molecule has 0 amide bonds. The van der Waals surface area contributed by atoms with Gasteiger partial charge in [-0.15, -0.1) is 0 Å². The highest BCUT2D eigenvalue weighted by molar-refractivity contribution is 9.10. The molecule has 8 heteroatoms. The average Bonchev–Trinajstić information content (AvgIpc) is 2.26. The quantitative estimate of drug-likeness (QED) is 0.819. The topological polar surface area (TPSA) is 66.4 Å². The van der Waals surface area contributed by atoms with Crippen LogP contribution in [-0.4, -0.2) is 26.2 Å². The van der Waals surface area contributed by atoms with Crippen molar-refractivity contribution in [3.8, 4) is 0 Å². The van der Waals surface area contributed by atoms with Crippen LogP contribution in [0.4, 0.5) is 8.78 Å². The van der Waals surface area contributed by atoms with Gasteiger partial charge in [-0.05, 0) is 34.8 Å². The van der Waals surface area contributed by atoms with Crippen molar-refractivity contribution in [1.82, 2.24) is 4.72 Å². The molecule has 0 aliphatic heterocycles. The maximum atomic E-state index is 13.5. The van der Waals surface area contributed by atoms with E-state index < -0.39 is 32.7 Å². The molecular weight excluding hydrogens is 344 g/mol. The van der Waals surface area contributed by atoms with E-state index in [9.17, 15) is 22.3 Å². The van der Waals surface area contributed by atoms with E-state index in [-0.39, 0.29) is 17.4 Å². The summed E-state index contributed by atoms with van der Waals surface area (Å²) in [6, 6.07) is 1.37. The highest BCUT2D eigenvalue weighted by Gasteiger charge is 2.23. The summed E-state index contributed by atoms with van der Waals surface area (Å²) < 4.78 is 52.1. The Morgan fingerprint density at radius 3 is 2.58 bits per heavy atom. The third kappa shape index (κ3) is 4.48. The summed E-state index contributed by atoms with van der Waals surface area (Å²) in [5.41, 5.74) is 0. The van der Waals surface area contributed by atoms with Crippen LogP contribution < -0.4 is 4.72 Å². The molecule has 4 nitrogen and oxygen atoms in total. The molecule has 1 aromatic carbocycles. The Bertz CT molecular complexity index is 528. The third-order valence-electron chi connectivity index (χ3n) is 2.47. The minimum Gasteiger partial charge on any atom is -0.393 e. The second kappa shape index (κ2) is 6.74. The van der Waals surface area contributed by atoms with Crippen molar-refractivity contribution in [3.63, 3.8) is 0 Å². The van der Waals surface area contributed by atoms with Crippen LogP contribution in [0.5, 0.6) is 0 Å². The predicted octanol–water partition coefficient (Wildman–Crippen LogP) is 2.17. The van der Waals surface area contributed by atoms with Gasteiger partial charge in [0.25, 0.3) is 0 Å². The molecule has 0 fully saturated rings. The van der Waals surface area contributed by atoms with E-state index in [2.05, 4.69) is 20.7 Å². The van der Waals surface area contributed by atoms with Gasteiger partial charge in [0.2, 0.25) is 10.0 Å². The highest BCUT2D eigenvalue weighted by atomic mass is 79.9. The monoisotopic (exact) mass is 357 g/mol. The number of nitrogens with one attached hydrogen (secondary N) is 1. The number of hydrogen-bond donors (Lipinski definition) is 2. The van der Waals surface area contributed by atoms with Gasteiger partial charge in [0, 0.05) is 17.1 Å². The molecule has 0 aliphatic rings. The van der Waals surface area contributed by atoms with Crippen LogP contribution >= 0.6 is 15.9 Å². The Kier molecular flexibility index (Phi) is 5.84. The molecule has 0 aromatic heterocycles. The zero-order valence-electron chi connectivity index (χ0n) is 10.2. The first-order valence-corrected chi connectivity index (χ1v) is 7.87. The Labute approximate surface area is 119 Å². The standard InChI is InChI=1S/C11H14BrF2NO3S/c1-2-8(16)3-4-15-19(17,18)11-9(12)5-7(13)6-10(11)14/h5-6,8,15-16H,2-4H2,1H3. The van der Waals surface area contributed by atoms with Crippen molar-refractivity contribution in [1.29, 1.82) is 0 Å². The minimum atomic E-state index is -4.09. The maximum absolute atomic E-state index is 13.5. The molecule has 19 heavy (non-hydrogen) atoms. The molecule has 0 heterocycles. The molecular formula is C11H14BrF2NO3S. The van der Waals surface area contributed by atoms with E-state index in [0.717, 1.165) is 6.07 Å². The molecule has 0 spiro atoms. The van der Waals surface area contributed by atoms with Gasteiger partial charge in [0.1, 0.15) is 16.5 Å². The van der Waals surface area contributed by atoms with Crippen molar-refractivity contribution in [2.24, 2.45) is 0 Å². The molecule has 1 atom stereocenters. The van der Waals surface area contributed by atoms with Crippen LogP contribution in [0.15, 0.2) is 21.5 Å². The fraction of sp³-hybridized carbons (Fsp3) is 0.455. The number of aliphatic hydroxyl groups is 1. The van der Waals surface area contributed by atoms with E-state index in [1.165, 1.54) is 0 Å². The van der Waals surface area contributed by atoms with Crippen molar-refractivity contribution < 1.29 is 22.3 Å².